The van der Waals surface area contributed by atoms with Crippen molar-refractivity contribution in [2.24, 2.45) is 0 Å². The lowest BCUT2D eigenvalue weighted by Crippen LogP contribution is -2.29. The first kappa shape index (κ1) is 19.6. The molecule has 0 spiro atoms. The van der Waals surface area contributed by atoms with Gasteiger partial charge in [0.1, 0.15) is 0 Å². The van der Waals surface area contributed by atoms with E-state index >= 15 is 0 Å². The molecule has 0 saturated heterocycles. The second-order valence-electron chi connectivity index (χ2n) is 6.02. The molecule has 0 unspecified atom stereocenters. The third kappa shape index (κ3) is 4.69. The van der Waals surface area contributed by atoms with Crippen molar-refractivity contribution in [1.82, 2.24) is 4.72 Å². The molecule has 2 rings (SSSR count). The lowest BCUT2D eigenvalue weighted by Gasteiger charge is -2.13. The lowest BCUT2D eigenvalue weighted by atomic mass is 10.1. The summed E-state index contributed by atoms with van der Waals surface area (Å²) in [6, 6.07) is 12.0. The van der Waals surface area contributed by atoms with Crippen LogP contribution >= 0.6 is 0 Å². The topological polar surface area (TPSA) is 99.1 Å². The summed E-state index contributed by atoms with van der Waals surface area (Å²) in [4.78, 5) is 11.9. The molecule has 0 amide bonds. The Morgan fingerprint density at radius 3 is 2.50 bits per heavy atom. The van der Waals surface area contributed by atoms with Crippen LogP contribution in [-0.4, -0.2) is 27.3 Å². The molecule has 136 valence electrons. The monoisotopic (exact) mass is 371 g/mol. The third-order valence-corrected chi connectivity index (χ3v) is 5.50. The van der Waals surface area contributed by atoms with Gasteiger partial charge < -0.3 is 5.32 Å². The van der Waals surface area contributed by atoms with Crippen molar-refractivity contribution in [1.29, 1.82) is 5.26 Å². The van der Waals surface area contributed by atoms with Gasteiger partial charge in [0.05, 0.1) is 16.5 Å². The molecule has 0 aliphatic carbocycles. The maximum Gasteiger partial charge on any atom is 0.240 e. The lowest BCUT2D eigenvalue weighted by molar-refractivity contribution is 0.101. The zero-order valence-corrected chi connectivity index (χ0v) is 15.8. The largest absolute Gasteiger partial charge is 0.383 e. The summed E-state index contributed by atoms with van der Waals surface area (Å²) in [5.41, 5.74) is 2.95. The standard InChI is InChI=1S/C19H21N3O3S/c1-13-4-5-14(2)19(10-13)26(24,25)22-9-8-21-18-11-16(12-20)6-7-17(18)15(3)23/h4-7,10-11,21-22H,8-9H2,1-3H3. The Balaban J connectivity index is 2.06. The molecule has 0 bridgehead atoms. The Kier molecular flexibility index (Phi) is 6.14. The van der Waals surface area contributed by atoms with Crippen LogP contribution in [-0.2, 0) is 10.0 Å². The average Bonchev–Trinajstić information content (AvgIpc) is 2.60. The molecule has 0 fully saturated rings. The molecule has 2 aromatic carbocycles. The van der Waals surface area contributed by atoms with E-state index in [0.717, 1.165) is 5.56 Å². The number of benzene rings is 2. The average molecular weight is 371 g/mol. The van der Waals surface area contributed by atoms with E-state index in [1.54, 1.807) is 37.3 Å². The highest BCUT2D eigenvalue weighted by atomic mass is 32.2. The molecule has 7 heteroatoms. The van der Waals surface area contributed by atoms with E-state index in [2.05, 4.69) is 10.0 Å². The molecule has 0 radical (unpaired) electrons. The molecule has 2 aromatic rings. The zero-order chi connectivity index (χ0) is 19.3. The SMILES string of the molecule is CC(=O)c1ccc(C#N)cc1NCCNS(=O)(=O)c1cc(C)ccc1C. The Morgan fingerprint density at radius 1 is 1.12 bits per heavy atom. The number of carbonyl (C=O) groups is 1. The summed E-state index contributed by atoms with van der Waals surface area (Å²) in [7, 11) is -3.62. The van der Waals surface area contributed by atoms with Crippen LogP contribution in [0.15, 0.2) is 41.3 Å². The molecular weight excluding hydrogens is 350 g/mol. The summed E-state index contributed by atoms with van der Waals surface area (Å²) < 4.78 is 27.5. The minimum atomic E-state index is -3.62. The van der Waals surface area contributed by atoms with E-state index < -0.39 is 10.0 Å². The fraction of sp³-hybridized carbons (Fsp3) is 0.263. The van der Waals surface area contributed by atoms with Crippen molar-refractivity contribution < 1.29 is 13.2 Å². The number of anilines is 1. The van der Waals surface area contributed by atoms with Crippen molar-refractivity contribution in [3.63, 3.8) is 0 Å². The normalized spacial score (nSPS) is 11.0. The van der Waals surface area contributed by atoms with Crippen LogP contribution in [0.5, 0.6) is 0 Å². The molecule has 26 heavy (non-hydrogen) atoms. The highest BCUT2D eigenvalue weighted by Gasteiger charge is 2.16. The van der Waals surface area contributed by atoms with Crippen LogP contribution in [0.3, 0.4) is 0 Å². The number of nitrogens with one attached hydrogen (secondary N) is 2. The van der Waals surface area contributed by atoms with E-state index in [-0.39, 0.29) is 23.8 Å². The summed E-state index contributed by atoms with van der Waals surface area (Å²) in [5, 5.41) is 12.0. The minimum Gasteiger partial charge on any atom is -0.383 e. The number of hydrogen-bond acceptors (Lipinski definition) is 5. The van der Waals surface area contributed by atoms with Gasteiger partial charge in [-0.15, -0.1) is 0 Å². The number of aryl methyl sites for hydroxylation is 2. The Labute approximate surface area is 153 Å². The predicted octanol–water partition coefficient (Wildman–Crippen LogP) is 2.77. The maximum atomic E-state index is 12.5. The summed E-state index contributed by atoms with van der Waals surface area (Å²) in [6.07, 6.45) is 0. The summed E-state index contributed by atoms with van der Waals surface area (Å²) in [6.45, 7) is 5.45. The van der Waals surface area contributed by atoms with Gasteiger partial charge >= 0.3 is 0 Å². The predicted molar refractivity (Wildman–Crippen MR) is 101 cm³/mol. The number of carbonyl (C=O) groups excluding carboxylic acids is 1. The van der Waals surface area contributed by atoms with E-state index in [4.69, 9.17) is 5.26 Å². The molecule has 6 nitrogen and oxygen atoms in total. The molecule has 2 N–H and O–H groups in total. The number of nitrogens with zero attached hydrogens (tertiary/aromatic N) is 1. The van der Waals surface area contributed by atoms with Gasteiger partial charge in [-0.25, -0.2) is 13.1 Å². The highest BCUT2D eigenvalue weighted by molar-refractivity contribution is 7.89. The third-order valence-electron chi connectivity index (χ3n) is 3.89. The molecule has 0 atom stereocenters. The minimum absolute atomic E-state index is 0.132. The van der Waals surface area contributed by atoms with E-state index in [0.29, 0.717) is 22.4 Å². The first-order valence-corrected chi connectivity index (χ1v) is 9.59. The number of sulfonamides is 1. The van der Waals surface area contributed by atoms with Crippen LogP contribution in [0.4, 0.5) is 5.69 Å². The second-order valence-corrected chi connectivity index (χ2v) is 7.76. The van der Waals surface area contributed by atoms with Crippen molar-refractivity contribution in [2.75, 3.05) is 18.4 Å². The van der Waals surface area contributed by atoms with Gasteiger partial charge in [-0.2, -0.15) is 5.26 Å². The van der Waals surface area contributed by atoms with E-state index in [9.17, 15) is 13.2 Å². The van der Waals surface area contributed by atoms with Gasteiger partial charge in [0.25, 0.3) is 0 Å². The number of Topliss-reactive ketones (excluding diaryl/α,β-unsaturated/α-hetero) is 1. The molecule has 0 aliphatic heterocycles. The fourth-order valence-corrected chi connectivity index (χ4v) is 3.88. The van der Waals surface area contributed by atoms with Crippen molar-refractivity contribution in [2.45, 2.75) is 25.7 Å². The summed E-state index contributed by atoms with van der Waals surface area (Å²) in [5.74, 6) is -0.132. The number of rotatable bonds is 7. The van der Waals surface area contributed by atoms with Gasteiger partial charge in [-0.05, 0) is 56.2 Å². The van der Waals surface area contributed by atoms with Gasteiger partial charge in [-0.3, -0.25) is 4.79 Å². The van der Waals surface area contributed by atoms with Gasteiger partial charge in [-0.1, -0.05) is 12.1 Å². The van der Waals surface area contributed by atoms with Crippen molar-refractivity contribution in [3.8, 4) is 6.07 Å². The number of ketones is 1. The first-order valence-electron chi connectivity index (χ1n) is 8.10. The Hall–Kier alpha value is -2.69. The molecule has 0 aromatic heterocycles. The molecule has 0 saturated carbocycles. The second kappa shape index (κ2) is 8.13. The van der Waals surface area contributed by atoms with Crippen molar-refractivity contribution in [3.05, 3.63) is 58.7 Å². The maximum absolute atomic E-state index is 12.5. The number of nitriles is 1. The van der Waals surface area contributed by atoms with E-state index in [1.165, 1.54) is 6.92 Å². The van der Waals surface area contributed by atoms with Crippen LogP contribution in [0, 0.1) is 25.2 Å². The quantitative estimate of drug-likeness (QED) is 0.576. The van der Waals surface area contributed by atoms with Gasteiger partial charge in [0, 0.05) is 24.3 Å². The van der Waals surface area contributed by atoms with Crippen LogP contribution in [0.25, 0.3) is 0 Å². The van der Waals surface area contributed by atoms with Crippen molar-refractivity contribution >= 4 is 21.5 Å². The van der Waals surface area contributed by atoms with Crippen LogP contribution < -0.4 is 10.0 Å². The molecular formula is C19H21N3O3S. The first-order chi connectivity index (χ1) is 12.2. The van der Waals surface area contributed by atoms with Gasteiger partial charge in [0.2, 0.25) is 10.0 Å². The Morgan fingerprint density at radius 2 is 1.85 bits per heavy atom. The molecule has 0 aliphatic rings. The smallest absolute Gasteiger partial charge is 0.240 e. The van der Waals surface area contributed by atoms with Crippen LogP contribution in [0.2, 0.25) is 0 Å². The van der Waals surface area contributed by atoms with Crippen LogP contribution in [0.1, 0.15) is 34.0 Å². The van der Waals surface area contributed by atoms with Gasteiger partial charge in [0.15, 0.2) is 5.78 Å². The highest BCUT2D eigenvalue weighted by Crippen LogP contribution is 2.19. The number of hydrogen-bond donors (Lipinski definition) is 2. The van der Waals surface area contributed by atoms with E-state index in [1.807, 2.05) is 19.1 Å². The Bertz CT molecular complexity index is 976. The summed E-state index contributed by atoms with van der Waals surface area (Å²) >= 11 is 0. The molecule has 0 heterocycles. The fourth-order valence-electron chi connectivity index (χ4n) is 2.52. The zero-order valence-electron chi connectivity index (χ0n) is 15.0.